The van der Waals surface area contributed by atoms with Crippen LogP contribution in [0.3, 0.4) is 0 Å². The SMILES string of the molecule is Cc1nc2ccccc2nc1NCC(C)(C)CCCCl. The summed E-state index contributed by atoms with van der Waals surface area (Å²) in [5, 5.41) is 3.44. The summed E-state index contributed by atoms with van der Waals surface area (Å²) in [6.07, 6.45) is 2.14. The molecule has 108 valence electrons. The number of rotatable bonds is 6. The first-order chi connectivity index (χ1) is 9.52. The zero-order valence-corrected chi connectivity index (χ0v) is 13.2. The lowest BCUT2D eigenvalue weighted by atomic mass is 9.88. The number of aromatic nitrogens is 2. The third-order valence-electron chi connectivity index (χ3n) is 3.47. The van der Waals surface area contributed by atoms with Crippen molar-refractivity contribution in [1.29, 1.82) is 0 Å². The van der Waals surface area contributed by atoms with E-state index in [1.54, 1.807) is 0 Å². The van der Waals surface area contributed by atoms with E-state index in [-0.39, 0.29) is 5.41 Å². The fraction of sp³-hybridized carbons (Fsp3) is 0.500. The summed E-state index contributed by atoms with van der Waals surface area (Å²) in [4.78, 5) is 9.25. The van der Waals surface area contributed by atoms with Crippen molar-refractivity contribution < 1.29 is 0 Å². The van der Waals surface area contributed by atoms with E-state index in [4.69, 9.17) is 11.6 Å². The molecule has 0 bridgehead atoms. The van der Waals surface area contributed by atoms with Crippen LogP contribution in [0.25, 0.3) is 11.0 Å². The van der Waals surface area contributed by atoms with Crippen molar-refractivity contribution in [2.45, 2.75) is 33.6 Å². The maximum absolute atomic E-state index is 5.77. The molecule has 1 aromatic heterocycles. The van der Waals surface area contributed by atoms with E-state index in [2.05, 4.69) is 29.1 Å². The second-order valence-electron chi connectivity index (χ2n) is 5.96. The average molecular weight is 292 g/mol. The fourth-order valence-corrected chi connectivity index (χ4v) is 2.35. The molecule has 0 unspecified atom stereocenters. The van der Waals surface area contributed by atoms with Gasteiger partial charge in [-0.25, -0.2) is 9.97 Å². The van der Waals surface area contributed by atoms with Crippen molar-refractivity contribution in [2.75, 3.05) is 17.7 Å². The summed E-state index contributed by atoms with van der Waals surface area (Å²) in [6.45, 7) is 7.36. The van der Waals surface area contributed by atoms with E-state index in [1.807, 2.05) is 31.2 Å². The van der Waals surface area contributed by atoms with Gasteiger partial charge >= 0.3 is 0 Å². The van der Waals surface area contributed by atoms with Crippen LogP contribution in [-0.4, -0.2) is 22.4 Å². The molecule has 0 spiro atoms. The molecular formula is C16H22ClN3. The van der Waals surface area contributed by atoms with Gasteiger partial charge in [-0.1, -0.05) is 26.0 Å². The van der Waals surface area contributed by atoms with Crippen molar-refractivity contribution in [3.05, 3.63) is 30.0 Å². The summed E-state index contributed by atoms with van der Waals surface area (Å²) < 4.78 is 0. The molecule has 0 aliphatic rings. The van der Waals surface area contributed by atoms with E-state index >= 15 is 0 Å². The average Bonchev–Trinajstić information content (AvgIpc) is 2.43. The number of anilines is 1. The van der Waals surface area contributed by atoms with Crippen molar-refractivity contribution in [2.24, 2.45) is 5.41 Å². The Kier molecular flexibility index (Phi) is 4.81. The second kappa shape index (κ2) is 6.40. The molecule has 0 aliphatic heterocycles. The Morgan fingerprint density at radius 2 is 1.80 bits per heavy atom. The number of hydrogen-bond donors (Lipinski definition) is 1. The van der Waals surface area contributed by atoms with Gasteiger partial charge in [-0.2, -0.15) is 0 Å². The zero-order chi connectivity index (χ0) is 14.6. The van der Waals surface area contributed by atoms with Gasteiger partial charge in [0.1, 0.15) is 5.82 Å². The highest BCUT2D eigenvalue weighted by Crippen LogP contribution is 2.24. The Labute approximate surface area is 125 Å². The lowest BCUT2D eigenvalue weighted by Gasteiger charge is -2.25. The molecular weight excluding hydrogens is 270 g/mol. The minimum absolute atomic E-state index is 0.203. The first-order valence-electron chi connectivity index (χ1n) is 7.05. The predicted octanol–water partition coefficient (Wildman–Crippen LogP) is 4.40. The van der Waals surface area contributed by atoms with E-state index in [0.717, 1.165) is 47.8 Å². The number of benzene rings is 1. The molecule has 0 atom stereocenters. The van der Waals surface area contributed by atoms with Gasteiger partial charge in [0.05, 0.1) is 16.7 Å². The highest BCUT2D eigenvalue weighted by Gasteiger charge is 2.18. The molecule has 1 heterocycles. The molecule has 20 heavy (non-hydrogen) atoms. The lowest BCUT2D eigenvalue weighted by molar-refractivity contribution is 0.355. The van der Waals surface area contributed by atoms with Crippen molar-refractivity contribution >= 4 is 28.5 Å². The maximum atomic E-state index is 5.77. The quantitative estimate of drug-likeness (QED) is 0.802. The molecule has 0 saturated carbocycles. The number of para-hydroxylation sites is 2. The maximum Gasteiger partial charge on any atom is 0.148 e. The van der Waals surface area contributed by atoms with E-state index < -0.39 is 0 Å². The van der Waals surface area contributed by atoms with E-state index in [9.17, 15) is 0 Å². The topological polar surface area (TPSA) is 37.8 Å². The van der Waals surface area contributed by atoms with Crippen LogP contribution in [0.5, 0.6) is 0 Å². The van der Waals surface area contributed by atoms with E-state index in [0.29, 0.717) is 0 Å². The van der Waals surface area contributed by atoms with Crippen LogP contribution in [-0.2, 0) is 0 Å². The molecule has 1 N–H and O–H groups in total. The Balaban J connectivity index is 2.11. The Morgan fingerprint density at radius 3 is 2.45 bits per heavy atom. The normalized spacial score (nSPS) is 11.8. The summed E-state index contributed by atoms with van der Waals surface area (Å²) >= 11 is 5.77. The van der Waals surface area contributed by atoms with Gasteiger partial charge in [-0.15, -0.1) is 11.6 Å². The number of hydrogen-bond acceptors (Lipinski definition) is 3. The first kappa shape index (κ1) is 15.0. The van der Waals surface area contributed by atoms with Crippen LogP contribution in [0, 0.1) is 12.3 Å². The van der Waals surface area contributed by atoms with Gasteiger partial charge in [0, 0.05) is 12.4 Å². The third-order valence-corrected chi connectivity index (χ3v) is 3.73. The minimum atomic E-state index is 0.203. The van der Waals surface area contributed by atoms with Gasteiger partial charge in [0.15, 0.2) is 0 Å². The largest absolute Gasteiger partial charge is 0.368 e. The summed E-state index contributed by atoms with van der Waals surface area (Å²) in [5.74, 6) is 1.60. The number of halogens is 1. The molecule has 3 nitrogen and oxygen atoms in total. The molecule has 0 saturated heterocycles. The molecule has 4 heteroatoms. The molecule has 2 aromatic rings. The van der Waals surface area contributed by atoms with Crippen LogP contribution >= 0.6 is 11.6 Å². The highest BCUT2D eigenvalue weighted by molar-refractivity contribution is 6.17. The van der Waals surface area contributed by atoms with Gasteiger partial charge in [-0.05, 0) is 37.3 Å². The molecule has 0 aliphatic carbocycles. The van der Waals surface area contributed by atoms with Crippen molar-refractivity contribution in [1.82, 2.24) is 9.97 Å². The van der Waals surface area contributed by atoms with Crippen LogP contribution in [0.1, 0.15) is 32.4 Å². The molecule has 1 aromatic carbocycles. The van der Waals surface area contributed by atoms with Gasteiger partial charge < -0.3 is 5.32 Å². The standard InChI is InChI=1S/C16H22ClN3/c1-12-15(18-11-16(2,3)9-6-10-17)20-14-8-5-4-7-13(14)19-12/h4-5,7-8H,6,9-11H2,1-3H3,(H,18,20). The number of aryl methyl sites for hydroxylation is 1. The van der Waals surface area contributed by atoms with Crippen LogP contribution in [0.15, 0.2) is 24.3 Å². The molecule has 0 radical (unpaired) electrons. The van der Waals surface area contributed by atoms with Crippen LogP contribution < -0.4 is 5.32 Å². The summed E-state index contributed by atoms with van der Waals surface area (Å²) in [6, 6.07) is 7.95. The number of alkyl halides is 1. The van der Waals surface area contributed by atoms with Crippen LogP contribution in [0.2, 0.25) is 0 Å². The zero-order valence-electron chi connectivity index (χ0n) is 12.4. The van der Waals surface area contributed by atoms with Crippen molar-refractivity contribution in [3.8, 4) is 0 Å². The van der Waals surface area contributed by atoms with Crippen LogP contribution in [0.4, 0.5) is 5.82 Å². The smallest absolute Gasteiger partial charge is 0.148 e. The van der Waals surface area contributed by atoms with Gasteiger partial charge in [0.2, 0.25) is 0 Å². The van der Waals surface area contributed by atoms with Gasteiger partial charge in [-0.3, -0.25) is 0 Å². The fourth-order valence-electron chi connectivity index (χ4n) is 2.21. The molecule has 0 amide bonds. The first-order valence-corrected chi connectivity index (χ1v) is 7.58. The predicted molar refractivity (Wildman–Crippen MR) is 86.5 cm³/mol. The third kappa shape index (κ3) is 3.83. The number of nitrogens with one attached hydrogen (secondary N) is 1. The lowest BCUT2D eigenvalue weighted by Crippen LogP contribution is -2.24. The Hall–Kier alpha value is -1.35. The second-order valence-corrected chi connectivity index (χ2v) is 6.33. The van der Waals surface area contributed by atoms with Crippen molar-refractivity contribution in [3.63, 3.8) is 0 Å². The number of fused-ring (bicyclic) bond motifs is 1. The number of nitrogens with zero attached hydrogens (tertiary/aromatic N) is 2. The highest BCUT2D eigenvalue weighted by atomic mass is 35.5. The summed E-state index contributed by atoms with van der Waals surface area (Å²) in [5.41, 5.74) is 3.02. The Bertz CT molecular complexity index is 581. The van der Waals surface area contributed by atoms with E-state index in [1.165, 1.54) is 0 Å². The molecule has 0 fully saturated rings. The Morgan fingerprint density at radius 1 is 1.15 bits per heavy atom. The molecule has 2 rings (SSSR count). The van der Waals surface area contributed by atoms with Gasteiger partial charge in [0.25, 0.3) is 0 Å². The summed E-state index contributed by atoms with van der Waals surface area (Å²) in [7, 11) is 0. The monoisotopic (exact) mass is 291 g/mol. The minimum Gasteiger partial charge on any atom is -0.368 e.